The van der Waals surface area contributed by atoms with Crippen LogP contribution in [0, 0.1) is 18.8 Å². The fraction of sp³-hybridized carbons (Fsp3) is 0.750. The Morgan fingerprint density at radius 1 is 1.53 bits per heavy atom. The van der Waals surface area contributed by atoms with Gasteiger partial charge in [0.05, 0.1) is 11.4 Å². The van der Waals surface area contributed by atoms with Crippen molar-refractivity contribution in [2.24, 2.45) is 11.8 Å². The van der Waals surface area contributed by atoms with E-state index in [1.165, 1.54) is 19.3 Å². The molecule has 3 heteroatoms. The molecule has 1 N–H and O–H groups in total. The van der Waals surface area contributed by atoms with Crippen molar-refractivity contribution in [3.05, 3.63) is 17.5 Å². The van der Waals surface area contributed by atoms with Gasteiger partial charge >= 0.3 is 0 Å². The molecule has 2 aliphatic carbocycles. The number of nitrogens with zero attached hydrogens (tertiary/aromatic N) is 2. The van der Waals surface area contributed by atoms with Crippen LogP contribution in [0.25, 0.3) is 0 Å². The molecule has 15 heavy (non-hydrogen) atoms. The van der Waals surface area contributed by atoms with Crippen LogP contribution in [0.15, 0.2) is 6.07 Å². The predicted octanol–water partition coefficient (Wildman–Crippen LogP) is 1.83. The van der Waals surface area contributed by atoms with Gasteiger partial charge in [0.25, 0.3) is 0 Å². The van der Waals surface area contributed by atoms with E-state index in [0.29, 0.717) is 11.8 Å². The van der Waals surface area contributed by atoms with Gasteiger partial charge in [0.1, 0.15) is 5.60 Å². The Morgan fingerprint density at radius 3 is 2.80 bits per heavy atom. The summed E-state index contributed by atoms with van der Waals surface area (Å²) in [6, 6.07) is 2.06. The number of hydrogen-bond donors (Lipinski definition) is 1. The summed E-state index contributed by atoms with van der Waals surface area (Å²) in [5.74, 6) is 1.03. The molecule has 1 aromatic heterocycles. The number of rotatable bonds is 2. The van der Waals surface area contributed by atoms with Gasteiger partial charge in [0, 0.05) is 6.54 Å². The van der Waals surface area contributed by atoms with Crippen molar-refractivity contribution in [3.8, 4) is 0 Å². The fourth-order valence-electron chi connectivity index (χ4n) is 3.41. The third-order valence-electron chi connectivity index (χ3n) is 4.15. The van der Waals surface area contributed by atoms with Gasteiger partial charge in [-0.3, -0.25) is 4.68 Å². The highest BCUT2D eigenvalue weighted by Gasteiger charge is 2.67. The molecule has 3 rings (SSSR count). The molecule has 0 bridgehead atoms. The van der Waals surface area contributed by atoms with Crippen molar-refractivity contribution < 1.29 is 5.11 Å². The van der Waals surface area contributed by atoms with E-state index >= 15 is 0 Å². The van der Waals surface area contributed by atoms with Gasteiger partial charge in [-0.2, -0.15) is 5.10 Å². The molecule has 82 valence electrons. The predicted molar refractivity (Wildman–Crippen MR) is 57.4 cm³/mol. The van der Waals surface area contributed by atoms with Gasteiger partial charge in [-0.05, 0) is 44.6 Å². The van der Waals surface area contributed by atoms with E-state index in [1.54, 1.807) is 0 Å². The second-order valence-electron chi connectivity index (χ2n) is 4.96. The Kier molecular flexibility index (Phi) is 1.78. The van der Waals surface area contributed by atoms with E-state index in [2.05, 4.69) is 18.1 Å². The van der Waals surface area contributed by atoms with Crippen LogP contribution >= 0.6 is 0 Å². The molecule has 2 unspecified atom stereocenters. The van der Waals surface area contributed by atoms with Crippen molar-refractivity contribution in [3.63, 3.8) is 0 Å². The summed E-state index contributed by atoms with van der Waals surface area (Å²) in [5.41, 5.74) is 1.54. The SMILES string of the molecule is CCn1nc(C)cc1C1(O)C2CCCC21. The number of hydrogen-bond acceptors (Lipinski definition) is 2. The highest BCUT2D eigenvalue weighted by Crippen LogP contribution is 2.66. The molecule has 0 spiro atoms. The standard InChI is InChI=1S/C12H18N2O/c1-3-14-11(7-8(2)13-14)12(15)9-5-4-6-10(9)12/h7,9-10,15H,3-6H2,1-2H3. The lowest BCUT2D eigenvalue weighted by Gasteiger charge is -2.15. The molecule has 3 nitrogen and oxygen atoms in total. The Labute approximate surface area is 90.1 Å². The van der Waals surface area contributed by atoms with E-state index in [0.717, 1.165) is 17.9 Å². The smallest absolute Gasteiger partial charge is 0.113 e. The van der Waals surface area contributed by atoms with Crippen molar-refractivity contribution in [2.45, 2.75) is 45.3 Å². The summed E-state index contributed by atoms with van der Waals surface area (Å²) in [6.45, 7) is 4.93. The van der Waals surface area contributed by atoms with Crippen molar-refractivity contribution in [1.82, 2.24) is 9.78 Å². The van der Waals surface area contributed by atoms with Crippen LogP contribution in [-0.2, 0) is 12.1 Å². The molecule has 0 radical (unpaired) electrons. The van der Waals surface area contributed by atoms with Crippen LogP contribution < -0.4 is 0 Å². The zero-order chi connectivity index (χ0) is 10.6. The van der Waals surface area contributed by atoms with Crippen LogP contribution in [-0.4, -0.2) is 14.9 Å². The van der Waals surface area contributed by atoms with Gasteiger partial charge in [-0.25, -0.2) is 0 Å². The van der Waals surface area contributed by atoms with Gasteiger partial charge in [-0.15, -0.1) is 0 Å². The first kappa shape index (κ1) is 9.40. The largest absolute Gasteiger partial charge is 0.383 e. The number of fused-ring (bicyclic) bond motifs is 1. The summed E-state index contributed by atoms with van der Waals surface area (Å²) in [6.07, 6.45) is 3.67. The van der Waals surface area contributed by atoms with Crippen LogP contribution in [0.5, 0.6) is 0 Å². The third kappa shape index (κ3) is 1.07. The summed E-state index contributed by atoms with van der Waals surface area (Å²) < 4.78 is 1.97. The second-order valence-corrected chi connectivity index (χ2v) is 4.96. The van der Waals surface area contributed by atoms with Crippen LogP contribution in [0.3, 0.4) is 0 Å². The Bertz CT molecular complexity index is 386. The van der Waals surface area contributed by atoms with E-state index in [-0.39, 0.29) is 0 Å². The zero-order valence-corrected chi connectivity index (χ0v) is 9.40. The molecule has 0 saturated heterocycles. The first-order valence-corrected chi connectivity index (χ1v) is 5.95. The Hall–Kier alpha value is -0.830. The minimum Gasteiger partial charge on any atom is -0.383 e. The lowest BCUT2D eigenvalue weighted by molar-refractivity contribution is 0.0952. The van der Waals surface area contributed by atoms with Crippen LogP contribution in [0.1, 0.15) is 37.6 Å². The fourth-order valence-corrected chi connectivity index (χ4v) is 3.41. The van der Waals surface area contributed by atoms with Gasteiger partial charge in [-0.1, -0.05) is 6.42 Å². The monoisotopic (exact) mass is 206 g/mol. The van der Waals surface area contributed by atoms with Crippen molar-refractivity contribution in [2.75, 3.05) is 0 Å². The quantitative estimate of drug-likeness (QED) is 0.801. The summed E-state index contributed by atoms with van der Waals surface area (Å²) in [5, 5.41) is 15.1. The minimum absolute atomic E-state index is 0.513. The molecule has 2 atom stereocenters. The topological polar surface area (TPSA) is 38.0 Å². The maximum Gasteiger partial charge on any atom is 0.113 e. The maximum absolute atomic E-state index is 10.6. The molecular formula is C12H18N2O. The average molecular weight is 206 g/mol. The number of aromatic nitrogens is 2. The normalized spacial score (nSPS) is 38.1. The average Bonchev–Trinajstić information content (AvgIpc) is 2.69. The van der Waals surface area contributed by atoms with Crippen LogP contribution in [0.2, 0.25) is 0 Å². The van der Waals surface area contributed by atoms with Gasteiger partial charge in [0.15, 0.2) is 0 Å². The van der Waals surface area contributed by atoms with E-state index in [9.17, 15) is 5.11 Å². The number of aliphatic hydroxyl groups is 1. The molecule has 2 fully saturated rings. The second kappa shape index (κ2) is 2.85. The Balaban J connectivity index is 1.99. The van der Waals surface area contributed by atoms with Crippen molar-refractivity contribution in [1.29, 1.82) is 0 Å². The molecule has 0 aliphatic heterocycles. The summed E-state index contributed by atoms with van der Waals surface area (Å²) in [4.78, 5) is 0. The highest BCUT2D eigenvalue weighted by atomic mass is 16.3. The Morgan fingerprint density at radius 2 is 2.20 bits per heavy atom. The lowest BCUT2D eigenvalue weighted by Crippen LogP contribution is -2.18. The van der Waals surface area contributed by atoms with Gasteiger partial charge in [0.2, 0.25) is 0 Å². The maximum atomic E-state index is 10.6. The zero-order valence-electron chi connectivity index (χ0n) is 9.40. The van der Waals surface area contributed by atoms with E-state index in [1.807, 2.05) is 11.6 Å². The molecule has 0 amide bonds. The lowest BCUT2D eigenvalue weighted by atomic mass is 10.0. The third-order valence-corrected chi connectivity index (χ3v) is 4.15. The molecular weight excluding hydrogens is 188 g/mol. The molecule has 2 saturated carbocycles. The first-order valence-electron chi connectivity index (χ1n) is 5.95. The van der Waals surface area contributed by atoms with Crippen LogP contribution in [0.4, 0.5) is 0 Å². The molecule has 0 aromatic carbocycles. The van der Waals surface area contributed by atoms with E-state index in [4.69, 9.17) is 0 Å². The molecule has 1 heterocycles. The number of aryl methyl sites for hydroxylation is 2. The first-order chi connectivity index (χ1) is 7.17. The minimum atomic E-state index is -0.532. The molecule has 2 aliphatic rings. The highest BCUT2D eigenvalue weighted by molar-refractivity contribution is 5.30. The molecule has 1 aromatic rings. The van der Waals surface area contributed by atoms with E-state index < -0.39 is 5.60 Å². The van der Waals surface area contributed by atoms with Gasteiger partial charge < -0.3 is 5.11 Å². The summed E-state index contributed by atoms with van der Waals surface area (Å²) in [7, 11) is 0. The summed E-state index contributed by atoms with van der Waals surface area (Å²) >= 11 is 0. The van der Waals surface area contributed by atoms with Crippen molar-refractivity contribution >= 4 is 0 Å².